The number of hydrogen-bond donors (Lipinski definition) is 1. The summed E-state index contributed by atoms with van der Waals surface area (Å²) in [6.07, 6.45) is 6.99. The highest BCUT2D eigenvalue weighted by Gasteiger charge is 2.32. The molecule has 26 heavy (non-hydrogen) atoms. The van der Waals surface area contributed by atoms with Crippen molar-refractivity contribution in [1.82, 2.24) is 14.9 Å². The van der Waals surface area contributed by atoms with Gasteiger partial charge in [-0.3, -0.25) is 4.79 Å². The first kappa shape index (κ1) is 16.9. The van der Waals surface area contributed by atoms with Crippen LogP contribution in [0.3, 0.4) is 0 Å². The van der Waals surface area contributed by atoms with Gasteiger partial charge in [0.1, 0.15) is 5.82 Å². The molecule has 0 spiro atoms. The van der Waals surface area contributed by atoms with Crippen molar-refractivity contribution in [1.29, 1.82) is 0 Å². The largest absolute Gasteiger partial charge is 0.342 e. The van der Waals surface area contributed by atoms with Gasteiger partial charge in [0.05, 0.1) is 5.69 Å². The lowest BCUT2D eigenvalue weighted by Gasteiger charge is -2.37. The van der Waals surface area contributed by atoms with Crippen molar-refractivity contribution in [3.8, 4) is 0 Å². The fourth-order valence-electron chi connectivity index (χ4n) is 3.69. The Morgan fingerprint density at radius 2 is 2.08 bits per heavy atom. The molecule has 1 aromatic carbocycles. The minimum Gasteiger partial charge on any atom is -0.342 e. The minimum absolute atomic E-state index is 0.226. The fourth-order valence-corrected chi connectivity index (χ4v) is 3.69. The van der Waals surface area contributed by atoms with Gasteiger partial charge < -0.3 is 10.2 Å². The molecule has 1 N–H and O–H groups in total. The van der Waals surface area contributed by atoms with E-state index in [1.807, 2.05) is 11.0 Å². The molecule has 4 rings (SSSR count). The number of anilines is 2. The topological polar surface area (TPSA) is 58.1 Å². The van der Waals surface area contributed by atoms with Crippen LogP contribution in [0.1, 0.15) is 43.7 Å². The van der Waals surface area contributed by atoms with Crippen molar-refractivity contribution < 1.29 is 9.18 Å². The van der Waals surface area contributed by atoms with Gasteiger partial charge in [-0.15, -0.1) is 0 Å². The molecule has 136 valence electrons. The number of hydrogen-bond acceptors (Lipinski definition) is 4. The highest BCUT2D eigenvalue weighted by Crippen LogP contribution is 2.32. The van der Waals surface area contributed by atoms with E-state index in [-0.39, 0.29) is 17.7 Å². The number of likely N-dealkylation sites (tertiary alicyclic amines) is 1. The van der Waals surface area contributed by atoms with Crippen molar-refractivity contribution in [3.63, 3.8) is 0 Å². The Morgan fingerprint density at radius 1 is 1.19 bits per heavy atom. The van der Waals surface area contributed by atoms with Gasteiger partial charge in [-0.25, -0.2) is 14.4 Å². The van der Waals surface area contributed by atoms with Crippen LogP contribution in [0.15, 0.2) is 36.5 Å². The summed E-state index contributed by atoms with van der Waals surface area (Å²) < 4.78 is 13.3. The molecule has 1 aliphatic carbocycles. The smallest absolute Gasteiger partial charge is 0.227 e. The first-order valence-corrected chi connectivity index (χ1v) is 9.33. The van der Waals surface area contributed by atoms with Crippen LogP contribution in [0, 0.1) is 11.7 Å². The molecule has 1 aliphatic heterocycles. The normalized spacial score (nSPS) is 20.5. The summed E-state index contributed by atoms with van der Waals surface area (Å²) in [6, 6.07) is 8.15. The maximum absolute atomic E-state index is 13.3. The zero-order chi connectivity index (χ0) is 17.9. The lowest BCUT2D eigenvalue weighted by atomic mass is 9.83. The van der Waals surface area contributed by atoms with E-state index in [1.165, 1.54) is 18.6 Å². The van der Waals surface area contributed by atoms with Crippen molar-refractivity contribution in [2.45, 2.75) is 38.0 Å². The van der Waals surface area contributed by atoms with E-state index in [2.05, 4.69) is 15.3 Å². The number of aromatic nitrogens is 2. The Labute approximate surface area is 152 Å². The minimum atomic E-state index is -0.302. The number of nitrogens with one attached hydrogen (secondary N) is 1. The molecule has 2 aromatic rings. The number of benzene rings is 1. The molecule has 2 heterocycles. The van der Waals surface area contributed by atoms with Gasteiger partial charge in [-0.2, -0.15) is 0 Å². The molecular formula is C20H23FN4O. The van der Waals surface area contributed by atoms with Gasteiger partial charge in [-0.05, 0) is 49.9 Å². The molecular weight excluding hydrogens is 331 g/mol. The predicted molar refractivity (Wildman–Crippen MR) is 97.6 cm³/mol. The molecule has 6 heteroatoms. The lowest BCUT2D eigenvalue weighted by Crippen LogP contribution is -2.44. The van der Waals surface area contributed by atoms with E-state index in [4.69, 9.17) is 0 Å². The molecule has 0 radical (unpaired) electrons. The van der Waals surface area contributed by atoms with Gasteiger partial charge in [0, 0.05) is 36.8 Å². The third kappa shape index (κ3) is 3.69. The van der Waals surface area contributed by atoms with Gasteiger partial charge in [0.25, 0.3) is 0 Å². The van der Waals surface area contributed by atoms with Crippen LogP contribution >= 0.6 is 0 Å². The summed E-state index contributed by atoms with van der Waals surface area (Å²) in [5, 5.41) is 3.05. The molecule has 5 nitrogen and oxygen atoms in total. The number of halogens is 1. The maximum Gasteiger partial charge on any atom is 0.227 e. The summed E-state index contributed by atoms with van der Waals surface area (Å²) in [4.78, 5) is 23.4. The Bertz CT molecular complexity index is 793. The number of carbonyl (C=O) groups excluding carboxylic acids is 1. The molecule has 1 saturated carbocycles. The summed E-state index contributed by atoms with van der Waals surface area (Å²) >= 11 is 0. The molecule has 2 aliphatic rings. The quantitative estimate of drug-likeness (QED) is 0.906. The van der Waals surface area contributed by atoms with Gasteiger partial charge in [-0.1, -0.05) is 12.5 Å². The van der Waals surface area contributed by atoms with Gasteiger partial charge in [0.15, 0.2) is 0 Å². The Kier molecular flexibility index (Phi) is 4.82. The summed E-state index contributed by atoms with van der Waals surface area (Å²) in [6.45, 7) is 1.58. The van der Waals surface area contributed by atoms with Crippen LogP contribution in [0.25, 0.3) is 0 Å². The first-order valence-electron chi connectivity index (χ1n) is 9.33. The summed E-state index contributed by atoms with van der Waals surface area (Å²) in [5.74, 6) is 0.931. The molecule has 2 fully saturated rings. The maximum atomic E-state index is 13.3. The van der Waals surface area contributed by atoms with E-state index < -0.39 is 0 Å². The molecule has 0 bridgehead atoms. The fraction of sp³-hybridized carbons (Fsp3) is 0.450. The van der Waals surface area contributed by atoms with Crippen molar-refractivity contribution in [3.05, 3.63) is 48.0 Å². The van der Waals surface area contributed by atoms with E-state index in [0.29, 0.717) is 17.5 Å². The average Bonchev–Trinajstić information content (AvgIpc) is 2.61. The molecule has 1 saturated heterocycles. The second-order valence-electron chi connectivity index (χ2n) is 7.19. The number of rotatable bonds is 4. The second-order valence-corrected chi connectivity index (χ2v) is 7.19. The van der Waals surface area contributed by atoms with Crippen molar-refractivity contribution in [2.75, 3.05) is 18.4 Å². The van der Waals surface area contributed by atoms with E-state index >= 15 is 0 Å². The van der Waals surface area contributed by atoms with Crippen LogP contribution in [0.4, 0.5) is 16.0 Å². The third-order valence-electron chi connectivity index (χ3n) is 5.36. The van der Waals surface area contributed by atoms with Crippen LogP contribution < -0.4 is 5.32 Å². The SMILES string of the molecule is O=C(C1CCC1)N1CCCC(c2ccnc(Nc3cccc(F)c3)n2)C1. The van der Waals surface area contributed by atoms with Crippen LogP contribution in [0.2, 0.25) is 0 Å². The van der Waals surface area contributed by atoms with E-state index in [1.54, 1.807) is 18.3 Å². The molecule has 1 atom stereocenters. The number of carbonyl (C=O) groups is 1. The highest BCUT2D eigenvalue weighted by molar-refractivity contribution is 5.79. The molecule has 1 aromatic heterocycles. The van der Waals surface area contributed by atoms with E-state index in [0.717, 1.165) is 44.5 Å². The Hall–Kier alpha value is -2.50. The van der Waals surface area contributed by atoms with Crippen LogP contribution in [0.5, 0.6) is 0 Å². The number of amides is 1. The zero-order valence-corrected chi connectivity index (χ0v) is 14.7. The van der Waals surface area contributed by atoms with Gasteiger partial charge >= 0.3 is 0 Å². The average molecular weight is 354 g/mol. The van der Waals surface area contributed by atoms with Gasteiger partial charge in [0.2, 0.25) is 11.9 Å². The number of piperidine rings is 1. The molecule has 1 amide bonds. The summed E-state index contributed by atoms with van der Waals surface area (Å²) in [5.41, 5.74) is 1.55. The van der Waals surface area contributed by atoms with Crippen molar-refractivity contribution in [2.24, 2.45) is 5.92 Å². The van der Waals surface area contributed by atoms with Crippen LogP contribution in [-0.4, -0.2) is 33.9 Å². The molecule has 1 unspecified atom stereocenters. The highest BCUT2D eigenvalue weighted by atomic mass is 19.1. The predicted octanol–water partition coefficient (Wildman–Crippen LogP) is 3.87. The number of nitrogens with zero attached hydrogens (tertiary/aromatic N) is 3. The Morgan fingerprint density at radius 3 is 2.85 bits per heavy atom. The Balaban J connectivity index is 1.46. The monoisotopic (exact) mass is 354 g/mol. The lowest BCUT2D eigenvalue weighted by molar-refractivity contribution is -0.139. The summed E-state index contributed by atoms with van der Waals surface area (Å²) in [7, 11) is 0. The standard InChI is InChI=1S/C20H23FN4O/c21-16-7-2-8-17(12-16)23-20-22-10-9-18(24-20)15-6-3-11-25(13-15)19(26)14-4-1-5-14/h2,7-10,12,14-15H,1,3-6,11,13H2,(H,22,23,24). The second kappa shape index (κ2) is 7.40. The third-order valence-corrected chi connectivity index (χ3v) is 5.36. The first-order chi connectivity index (χ1) is 12.7. The van der Waals surface area contributed by atoms with Crippen molar-refractivity contribution >= 4 is 17.5 Å². The zero-order valence-electron chi connectivity index (χ0n) is 14.7. The van der Waals surface area contributed by atoms with E-state index in [9.17, 15) is 9.18 Å². The van der Waals surface area contributed by atoms with Crippen LogP contribution in [-0.2, 0) is 4.79 Å².